The summed E-state index contributed by atoms with van der Waals surface area (Å²) in [6.45, 7) is 28.8. The van der Waals surface area contributed by atoms with Crippen molar-refractivity contribution in [3.8, 4) is 0 Å². The predicted molar refractivity (Wildman–Crippen MR) is 180 cm³/mol. The van der Waals surface area contributed by atoms with Crippen molar-refractivity contribution in [2.24, 2.45) is 23.2 Å². The summed E-state index contributed by atoms with van der Waals surface area (Å²) < 4.78 is 38.3. The van der Waals surface area contributed by atoms with Crippen LogP contribution in [0.25, 0.3) is 0 Å². The maximum atomic E-state index is 7.20. The molecule has 0 aromatic rings. The van der Waals surface area contributed by atoms with E-state index in [4.69, 9.17) is 27.8 Å². The molecule has 1 heterocycles. The zero-order valence-electron chi connectivity index (χ0n) is 30.0. The Balaban J connectivity index is 1.60. The van der Waals surface area contributed by atoms with E-state index in [1.54, 1.807) is 12.7 Å². The van der Waals surface area contributed by atoms with Gasteiger partial charge in [0.2, 0.25) is 8.32 Å². The molecule has 0 radical (unpaired) electrons. The Kier molecular flexibility index (Phi) is 10.9. The highest BCUT2D eigenvalue weighted by molar-refractivity contribution is 6.74. The predicted octanol–water partition coefficient (Wildman–Crippen LogP) is 9.42. The number of allylic oxidation sites excluding steroid dienone is 2. The minimum atomic E-state index is -1.96. The molecule has 0 aromatic carbocycles. The largest absolute Gasteiger partial charge is 0.547 e. The van der Waals surface area contributed by atoms with Gasteiger partial charge in [-0.05, 0) is 98.1 Å². The molecule has 4 aliphatic rings. The number of methoxy groups -OCH3 is 1. The van der Waals surface area contributed by atoms with E-state index < -0.39 is 16.6 Å². The molecule has 2 unspecified atom stereocenters. The van der Waals surface area contributed by atoms with E-state index in [1.165, 1.54) is 12.2 Å². The second-order valence-corrected chi connectivity index (χ2v) is 27.0. The molecular weight excluding hydrogens is 573 g/mol. The van der Waals surface area contributed by atoms with Crippen LogP contribution in [0.4, 0.5) is 0 Å². The highest BCUT2D eigenvalue weighted by Gasteiger charge is 2.53. The van der Waals surface area contributed by atoms with Gasteiger partial charge in [-0.3, -0.25) is 0 Å². The van der Waals surface area contributed by atoms with E-state index in [1.807, 2.05) is 0 Å². The lowest BCUT2D eigenvalue weighted by Crippen LogP contribution is -2.46. The van der Waals surface area contributed by atoms with E-state index in [-0.39, 0.29) is 27.4 Å². The smallest absolute Gasteiger partial charge is 0.250 e. The van der Waals surface area contributed by atoms with Crippen molar-refractivity contribution < 1.29 is 27.8 Å². The van der Waals surface area contributed by atoms with Crippen molar-refractivity contribution in [1.82, 2.24) is 0 Å². The summed E-state index contributed by atoms with van der Waals surface area (Å²) in [5.41, 5.74) is 1.71. The van der Waals surface area contributed by atoms with Crippen LogP contribution in [-0.2, 0) is 27.8 Å². The molecular formula is C35H66O6Si2. The van der Waals surface area contributed by atoms with Crippen LogP contribution in [0.3, 0.4) is 0 Å². The van der Waals surface area contributed by atoms with Gasteiger partial charge in [-0.25, -0.2) is 0 Å². The minimum Gasteiger partial charge on any atom is -0.547 e. The zero-order valence-corrected chi connectivity index (χ0v) is 32.0. The van der Waals surface area contributed by atoms with Gasteiger partial charge in [0.1, 0.15) is 6.79 Å². The quantitative estimate of drug-likeness (QED) is 0.166. The minimum absolute atomic E-state index is 0.129. The monoisotopic (exact) mass is 638 g/mol. The molecule has 43 heavy (non-hydrogen) atoms. The lowest BCUT2D eigenvalue weighted by atomic mass is 9.65. The SMILES string of the molecule is COCO[C@H]1CC[C@H]2C(CCC3CC4(CCC3CO[Si](C)(C)C(C)(C)C)OCCO4)=C(O[Si](C)(C)C(C)(C)C)CC[C@]12C. The molecule has 1 saturated heterocycles. The Bertz CT molecular complexity index is 974. The molecule has 1 aliphatic heterocycles. The first-order chi connectivity index (χ1) is 19.8. The van der Waals surface area contributed by atoms with Gasteiger partial charge >= 0.3 is 0 Å². The van der Waals surface area contributed by atoms with Crippen molar-refractivity contribution in [3.63, 3.8) is 0 Å². The van der Waals surface area contributed by atoms with E-state index in [0.29, 0.717) is 24.5 Å². The summed E-state index contributed by atoms with van der Waals surface area (Å²) in [5.74, 6) is 2.47. The summed E-state index contributed by atoms with van der Waals surface area (Å²) in [5, 5.41) is 0.387. The number of fused-ring (bicyclic) bond motifs is 1. The lowest BCUT2D eigenvalue weighted by molar-refractivity contribution is -0.197. The van der Waals surface area contributed by atoms with Crippen molar-refractivity contribution >= 4 is 16.6 Å². The second-order valence-electron chi connectivity index (χ2n) is 17.5. The Hall–Kier alpha value is -0.226. The maximum Gasteiger partial charge on any atom is 0.250 e. The van der Waals surface area contributed by atoms with Crippen LogP contribution in [0.5, 0.6) is 0 Å². The Morgan fingerprint density at radius 1 is 0.860 bits per heavy atom. The van der Waals surface area contributed by atoms with Gasteiger partial charge in [-0.2, -0.15) is 0 Å². The molecule has 5 atom stereocenters. The first-order valence-electron chi connectivity index (χ1n) is 17.3. The Morgan fingerprint density at radius 2 is 1.51 bits per heavy atom. The van der Waals surface area contributed by atoms with Gasteiger partial charge in [0, 0.05) is 38.4 Å². The summed E-state index contributed by atoms with van der Waals surface area (Å²) in [4.78, 5) is 0. The fourth-order valence-corrected chi connectivity index (χ4v) is 9.88. The average molecular weight is 639 g/mol. The van der Waals surface area contributed by atoms with Crippen LogP contribution in [0, 0.1) is 23.2 Å². The fraction of sp³-hybridized carbons (Fsp3) is 0.943. The van der Waals surface area contributed by atoms with Crippen LogP contribution >= 0.6 is 0 Å². The van der Waals surface area contributed by atoms with Crippen molar-refractivity contribution in [2.75, 3.05) is 33.7 Å². The first kappa shape index (κ1) is 35.6. The lowest BCUT2D eigenvalue weighted by Gasteiger charge is -2.46. The van der Waals surface area contributed by atoms with Crippen LogP contribution in [0.1, 0.15) is 106 Å². The molecule has 3 fully saturated rings. The van der Waals surface area contributed by atoms with E-state index in [0.717, 1.165) is 71.2 Å². The van der Waals surface area contributed by atoms with Crippen LogP contribution in [0.2, 0.25) is 36.3 Å². The van der Waals surface area contributed by atoms with Gasteiger partial charge in [0.15, 0.2) is 14.1 Å². The highest BCUT2D eigenvalue weighted by Crippen LogP contribution is 2.58. The van der Waals surface area contributed by atoms with Crippen molar-refractivity contribution in [3.05, 3.63) is 11.3 Å². The molecule has 0 N–H and O–H groups in total. The third kappa shape index (κ3) is 7.68. The fourth-order valence-electron chi connectivity index (χ4n) is 7.66. The molecule has 0 amide bonds. The number of rotatable bonds is 11. The second kappa shape index (κ2) is 13.1. The van der Waals surface area contributed by atoms with Crippen LogP contribution < -0.4 is 0 Å². The third-order valence-electron chi connectivity index (χ3n) is 12.7. The van der Waals surface area contributed by atoms with E-state index in [9.17, 15) is 0 Å². The number of hydrogen-bond acceptors (Lipinski definition) is 6. The molecule has 3 aliphatic carbocycles. The third-order valence-corrected chi connectivity index (χ3v) is 21.6. The summed E-state index contributed by atoms with van der Waals surface area (Å²) in [6, 6.07) is 0. The molecule has 0 bridgehead atoms. The highest BCUT2D eigenvalue weighted by atomic mass is 28.4. The molecule has 6 nitrogen and oxygen atoms in total. The van der Waals surface area contributed by atoms with Crippen molar-refractivity contribution in [1.29, 1.82) is 0 Å². The van der Waals surface area contributed by atoms with E-state index in [2.05, 4.69) is 74.7 Å². The maximum absolute atomic E-state index is 7.20. The zero-order chi connectivity index (χ0) is 31.9. The van der Waals surface area contributed by atoms with Crippen LogP contribution in [-0.4, -0.2) is 62.2 Å². The standard InChI is InChI=1S/C35H66O6Si2/c1-32(2,3)42(9,10)40-24-27-17-20-35(38-21-22-39-35)23-26(27)13-14-28-29-15-16-31(37-25-36-8)34(29,7)19-18-30(28)41-43(11,12)33(4,5)6/h26-27,29,31H,13-25H2,1-12H3/t26?,27?,29-,31-,34-/m0/s1. The van der Waals surface area contributed by atoms with Gasteiger partial charge in [-0.1, -0.05) is 48.5 Å². The molecule has 250 valence electrons. The van der Waals surface area contributed by atoms with Crippen LogP contribution in [0.15, 0.2) is 11.3 Å². The Labute approximate surface area is 266 Å². The van der Waals surface area contributed by atoms with Gasteiger partial charge in [0.05, 0.1) is 25.1 Å². The first-order valence-corrected chi connectivity index (χ1v) is 23.1. The summed E-state index contributed by atoms with van der Waals surface area (Å²) >= 11 is 0. The average Bonchev–Trinajstić information content (AvgIpc) is 3.49. The van der Waals surface area contributed by atoms with E-state index >= 15 is 0 Å². The number of ether oxygens (including phenoxy) is 4. The normalized spacial score (nSPS) is 32.0. The summed E-state index contributed by atoms with van der Waals surface area (Å²) in [6.07, 6.45) is 9.93. The molecule has 8 heteroatoms. The topological polar surface area (TPSA) is 55.4 Å². The molecule has 0 aromatic heterocycles. The molecule has 1 spiro atoms. The number of hydrogen-bond donors (Lipinski definition) is 0. The van der Waals surface area contributed by atoms with Gasteiger partial charge in [-0.15, -0.1) is 0 Å². The Morgan fingerprint density at radius 3 is 2.12 bits per heavy atom. The molecule has 2 saturated carbocycles. The van der Waals surface area contributed by atoms with Gasteiger partial charge < -0.3 is 27.8 Å². The van der Waals surface area contributed by atoms with Crippen molar-refractivity contribution in [2.45, 2.75) is 154 Å². The molecule has 4 rings (SSSR count). The van der Waals surface area contributed by atoms with Gasteiger partial charge in [0.25, 0.3) is 0 Å². The summed E-state index contributed by atoms with van der Waals surface area (Å²) in [7, 11) is -2.06.